The molecule has 3 unspecified atom stereocenters. The van der Waals surface area contributed by atoms with Crippen LogP contribution in [-0.4, -0.2) is 61.2 Å². The molecule has 2 aliphatic heterocycles. The number of fused-ring (bicyclic) bond motifs is 1. The minimum absolute atomic E-state index is 0.459. The summed E-state index contributed by atoms with van der Waals surface area (Å²) in [5.74, 6) is 0. The quantitative estimate of drug-likeness (QED) is 0.823. The molecule has 0 aromatic rings. The first kappa shape index (κ1) is 13.8. The first-order valence-corrected chi connectivity index (χ1v) is 8.27. The molecule has 1 aliphatic carbocycles. The van der Waals surface area contributed by atoms with Crippen molar-refractivity contribution in [2.45, 2.75) is 64.1 Å². The van der Waals surface area contributed by atoms with Gasteiger partial charge in [-0.05, 0) is 64.2 Å². The normalized spacial score (nSPS) is 40.3. The summed E-state index contributed by atoms with van der Waals surface area (Å²) in [6.45, 7) is 10.2. The molecule has 2 saturated heterocycles. The third-order valence-corrected chi connectivity index (χ3v) is 5.93. The van der Waals surface area contributed by atoms with E-state index in [1.54, 1.807) is 0 Å². The van der Waals surface area contributed by atoms with E-state index in [1.807, 2.05) is 0 Å². The Morgan fingerprint density at radius 1 is 1.00 bits per heavy atom. The number of rotatable bonds is 2. The van der Waals surface area contributed by atoms with Crippen molar-refractivity contribution in [1.29, 1.82) is 0 Å². The molecular weight excluding hydrogens is 234 g/mol. The van der Waals surface area contributed by atoms with Crippen LogP contribution in [0.15, 0.2) is 0 Å². The van der Waals surface area contributed by atoms with Gasteiger partial charge in [0.1, 0.15) is 0 Å². The van der Waals surface area contributed by atoms with Crippen LogP contribution in [0.2, 0.25) is 0 Å². The van der Waals surface area contributed by atoms with Crippen molar-refractivity contribution in [3.8, 4) is 0 Å². The topological polar surface area (TPSA) is 18.5 Å². The van der Waals surface area contributed by atoms with E-state index >= 15 is 0 Å². The highest BCUT2D eigenvalue weighted by Crippen LogP contribution is 2.40. The zero-order chi connectivity index (χ0) is 13.5. The fraction of sp³-hybridized carbons (Fsp3) is 1.00. The number of likely N-dealkylation sites (N-methyl/N-ethyl adjacent to an activating group) is 1. The van der Waals surface area contributed by atoms with Crippen LogP contribution in [0.25, 0.3) is 0 Å². The van der Waals surface area contributed by atoms with Crippen molar-refractivity contribution in [3.05, 3.63) is 0 Å². The van der Waals surface area contributed by atoms with Gasteiger partial charge in [0.05, 0.1) is 0 Å². The SMILES string of the molecule is CNC1C(N2CCCN3CCCC3C2)CCC1(C)C. The molecule has 0 radical (unpaired) electrons. The minimum atomic E-state index is 0.459. The van der Waals surface area contributed by atoms with E-state index in [0.717, 1.165) is 12.1 Å². The van der Waals surface area contributed by atoms with Gasteiger partial charge in [0.15, 0.2) is 0 Å². The molecule has 1 saturated carbocycles. The minimum Gasteiger partial charge on any atom is -0.315 e. The van der Waals surface area contributed by atoms with E-state index in [0.29, 0.717) is 11.5 Å². The van der Waals surface area contributed by atoms with Gasteiger partial charge in [-0.25, -0.2) is 0 Å². The lowest BCUT2D eigenvalue weighted by atomic mass is 9.86. The Morgan fingerprint density at radius 2 is 1.74 bits per heavy atom. The lowest BCUT2D eigenvalue weighted by molar-refractivity contribution is 0.136. The fourth-order valence-corrected chi connectivity index (χ4v) is 4.88. The summed E-state index contributed by atoms with van der Waals surface area (Å²) < 4.78 is 0. The summed E-state index contributed by atoms with van der Waals surface area (Å²) in [5.41, 5.74) is 0.459. The maximum absolute atomic E-state index is 3.63. The average molecular weight is 265 g/mol. The summed E-state index contributed by atoms with van der Waals surface area (Å²) in [6.07, 6.45) is 6.96. The third kappa shape index (κ3) is 2.57. The molecule has 3 atom stereocenters. The summed E-state index contributed by atoms with van der Waals surface area (Å²) in [7, 11) is 2.16. The van der Waals surface area contributed by atoms with Crippen molar-refractivity contribution in [3.63, 3.8) is 0 Å². The highest BCUT2D eigenvalue weighted by Gasteiger charge is 2.44. The van der Waals surface area contributed by atoms with Crippen molar-refractivity contribution in [2.75, 3.05) is 33.2 Å². The number of hydrogen-bond acceptors (Lipinski definition) is 3. The number of nitrogens with one attached hydrogen (secondary N) is 1. The van der Waals surface area contributed by atoms with Crippen molar-refractivity contribution in [2.24, 2.45) is 5.41 Å². The highest BCUT2D eigenvalue weighted by atomic mass is 15.3. The predicted octanol–water partition coefficient (Wildman–Crippen LogP) is 1.93. The Hall–Kier alpha value is -0.120. The Kier molecular flexibility index (Phi) is 3.89. The first-order valence-electron chi connectivity index (χ1n) is 8.27. The Labute approximate surface area is 118 Å². The molecule has 3 aliphatic rings. The van der Waals surface area contributed by atoms with Gasteiger partial charge in [-0.15, -0.1) is 0 Å². The van der Waals surface area contributed by atoms with Crippen LogP contribution >= 0.6 is 0 Å². The largest absolute Gasteiger partial charge is 0.315 e. The molecular formula is C16H31N3. The molecule has 0 spiro atoms. The van der Waals surface area contributed by atoms with E-state index in [-0.39, 0.29) is 0 Å². The maximum atomic E-state index is 3.63. The zero-order valence-electron chi connectivity index (χ0n) is 13.0. The van der Waals surface area contributed by atoms with Gasteiger partial charge >= 0.3 is 0 Å². The molecule has 0 amide bonds. The van der Waals surface area contributed by atoms with Crippen LogP contribution in [0.1, 0.15) is 46.0 Å². The van der Waals surface area contributed by atoms with Crippen LogP contribution < -0.4 is 5.32 Å². The molecule has 3 nitrogen and oxygen atoms in total. The summed E-state index contributed by atoms with van der Waals surface area (Å²) in [6, 6.07) is 2.28. The van der Waals surface area contributed by atoms with Crippen LogP contribution in [0, 0.1) is 5.41 Å². The molecule has 0 aromatic heterocycles. The van der Waals surface area contributed by atoms with Crippen LogP contribution in [0.4, 0.5) is 0 Å². The molecule has 1 N–H and O–H groups in total. The van der Waals surface area contributed by atoms with E-state index in [9.17, 15) is 0 Å². The monoisotopic (exact) mass is 265 g/mol. The van der Waals surface area contributed by atoms with Crippen LogP contribution in [-0.2, 0) is 0 Å². The molecule has 0 aromatic carbocycles. The third-order valence-electron chi connectivity index (χ3n) is 5.93. The Bertz CT molecular complexity index is 315. The Morgan fingerprint density at radius 3 is 2.53 bits per heavy atom. The van der Waals surface area contributed by atoms with Gasteiger partial charge in [0.25, 0.3) is 0 Å². The lowest BCUT2D eigenvalue weighted by Gasteiger charge is -2.37. The molecule has 3 heteroatoms. The van der Waals surface area contributed by atoms with Crippen LogP contribution in [0.5, 0.6) is 0 Å². The zero-order valence-corrected chi connectivity index (χ0v) is 13.0. The second-order valence-electron chi connectivity index (χ2n) is 7.54. The van der Waals surface area contributed by atoms with E-state index in [2.05, 4.69) is 36.0 Å². The first-order chi connectivity index (χ1) is 9.12. The molecule has 2 heterocycles. The van der Waals surface area contributed by atoms with E-state index < -0.39 is 0 Å². The fourth-order valence-electron chi connectivity index (χ4n) is 4.88. The predicted molar refractivity (Wildman–Crippen MR) is 80.4 cm³/mol. The van der Waals surface area contributed by atoms with Gasteiger partial charge in [0.2, 0.25) is 0 Å². The molecule has 3 rings (SSSR count). The van der Waals surface area contributed by atoms with Crippen LogP contribution in [0.3, 0.4) is 0 Å². The second kappa shape index (κ2) is 5.34. The number of nitrogens with zero attached hydrogens (tertiary/aromatic N) is 2. The molecule has 3 fully saturated rings. The van der Waals surface area contributed by atoms with Gasteiger partial charge < -0.3 is 5.32 Å². The summed E-state index contributed by atoms with van der Waals surface area (Å²) >= 11 is 0. The van der Waals surface area contributed by atoms with Gasteiger partial charge in [-0.3, -0.25) is 9.80 Å². The van der Waals surface area contributed by atoms with Crippen molar-refractivity contribution in [1.82, 2.24) is 15.1 Å². The molecule has 110 valence electrons. The van der Waals surface area contributed by atoms with Crippen molar-refractivity contribution >= 4 is 0 Å². The molecule has 19 heavy (non-hydrogen) atoms. The average Bonchev–Trinajstić information content (AvgIpc) is 2.86. The number of hydrogen-bond donors (Lipinski definition) is 1. The van der Waals surface area contributed by atoms with E-state index in [4.69, 9.17) is 0 Å². The summed E-state index contributed by atoms with van der Waals surface area (Å²) in [5, 5.41) is 3.63. The lowest BCUT2D eigenvalue weighted by Crippen LogP contribution is -2.52. The Balaban J connectivity index is 1.71. The standard InChI is InChI=1S/C16H31N3/c1-16(2)8-7-14(15(16)17-3)19-11-5-10-18-9-4-6-13(18)12-19/h13-15,17H,4-12H2,1-3H3. The van der Waals surface area contributed by atoms with Gasteiger partial charge in [-0.2, -0.15) is 0 Å². The highest BCUT2D eigenvalue weighted by molar-refractivity contribution is 5.02. The summed E-state index contributed by atoms with van der Waals surface area (Å²) in [4.78, 5) is 5.57. The maximum Gasteiger partial charge on any atom is 0.0271 e. The van der Waals surface area contributed by atoms with Crippen molar-refractivity contribution < 1.29 is 0 Å². The van der Waals surface area contributed by atoms with Gasteiger partial charge in [-0.1, -0.05) is 13.8 Å². The van der Waals surface area contributed by atoms with Gasteiger partial charge in [0, 0.05) is 24.7 Å². The second-order valence-corrected chi connectivity index (χ2v) is 7.54. The van der Waals surface area contributed by atoms with E-state index in [1.165, 1.54) is 58.3 Å². The molecule has 0 bridgehead atoms. The smallest absolute Gasteiger partial charge is 0.0271 e.